The fraction of sp³-hybridized carbons (Fsp3) is 0. The molecule has 0 aliphatic carbocycles. The van der Waals surface area contributed by atoms with Gasteiger partial charge in [-0.2, -0.15) is 11.3 Å². The molecule has 0 radical (unpaired) electrons. The second-order valence-electron chi connectivity index (χ2n) is 3.19. The molecule has 0 aliphatic heterocycles. The molecule has 0 bridgehead atoms. The molecule has 0 amide bonds. The van der Waals surface area contributed by atoms with E-state index in [-0.39, 0.29) is 4.90 Å². The van der Waals surface area contributed by atoms with E-state index >= 15 is 0 Å². The molecule has 4 nitrogen and oxygen atoms in total. The predicted molar refractivity (Wildman–Crippen MR) is 66.0 cm³/mol. The Kier molecular flexibility index (Phi) is 2.84. The van der Waals surface area contributed by atoms with Crippen molar-refractivity contribution in [1.82, 2.24) is 0 Å². The first-order valence-corrected chi connectivity index (χ1v) is 6.91. The fourth-order valence-electron chi connectivity index (χ4n) is 1.22. The highest BCUT2D eigenvalue weighted by Crippen LogP contribution is 2.19. The van der Waals surface area contributed by atoms with E-state index < -0.39 is 10.0 Å². The number of hydrogen-bond donors (Lipinski definition) is 2. The number of nitrogen functional groups attached to an aromatic ring is 1. The molecule has 0 spiro atoms. The van der Waals surface area contributed by atoms with E-state index in [9.17, 15) is 8.42 Å². The van der Waals surface area contributed by atoms with E-state index in [0.717, 1.165) is 0 Å². The van der Waals surface area contributed by atoms with Crippen LogP contribution in [-0.2, 0) is 10.0 Å². The Morgan fingerprint density at radius 3 is 2.69 bits per heavy atom. The van der Waals surface area contributed by atoms with E-state index in [0.29, 0.717) is 11.4 Å². The monoisotopic (exact) mass is 254 g/mol. The second-order valence-corrected chi connectivity index (χ2v) is 5.65. The largest absolute Gasteiger partial charge is 0.399 e. The van der Waals surface area contributed by atoms with Crippen LogP contribution in [0.3, 0.4) is 0 Å². The van der Waals surface area contributed by atoms with Crippen LogP contribution in [0.15, 0.2) is 46.0 Å². The number of hydrogen-bond acceptors (Lipinski definition) is 4. The molecule has 3 N–H and O–H groups in total. The standard InChI is InChI=1S/C10H10N2O2S2/c11-8-2-1-3-10(6-8)16(13,14)12-9-4-5-15-7-9/h1-7,12H,11H2. The predicted octanol–water partition coefficient (Wildman–Crippen LogP) is 2.13. The summed E-state index contributed by atoms with van der Waals surface area (Å²) in [5.74, 6) is 0. The SMILES string of the molecule is Nc1cccc(S(=O)(=O)Nc2ccsc2)c1. The molecule has 1 heterocycles. The Balaban J connectivity index is 2.33. The van der Waals surface area contributed by atoms with Gasteiger partial charge < -0.3 is 5.73 Å². The van der Waals surface area contributed by atoms with Crippen LogP contribution in [-0.4, -0.2) is 8.42 Å². The van der Waals surface area contributed by atoms with Crippen molar-refractivity contribution >= 4 is 32.7 Å². The molecule has 2 rings (SSSR count). The van der Waals surface area contributed by atoms with Gasteiger partial charge in [-0.05, 0) is 29.6 Å². The molecule has 1 aromatic carbocycles. The Morgan fingerprint density at radius 2 is 2.06 bits per heavy atom. The van der Waals surface area contributed by atoms with Gasteiger partial charge in [0.2, 0.25) is 0 Å². The van der Waals surface area contributed by atoms with Gasteiger partial charge in [0.05, 0.1) is 10.6 Å². The Hall–Kier alpha value is -1.53. The summed E-state index contributed by atoms with van der Waals surface area (Å²) in [6.45, 7) is 0. The van der Waals surface area contributed by atoms with Crippen molar-refractivity contribution in [3.63, 3.8) is 0 Å². The lowest BCUT2D eigenvalue weighted by molar-refractivity contribution is 0.601. The third-order valence-corrected chi connectivity index (χ3v) is 4.00. The summed E-state index contributed by atoms with van der Waals surface area (Å²) in [6, 6.07) is 7.88. The molecule has 1 aromatic heterocycles. The van der Waals surface area contributed by atoms with Crippen molar-refractivity contribution < 1.29 is 8.42 Å². The number of sulfonamides is 1. The highest BCUT2D eigenvalue weighted by atomic mass is 32.2. The van der Waals surface area contributed by atoms with Crippen LogP contribution >= 0.6 is 11.3 Å². The molecule has 0 fully saturated rings. The average Bonchev–Trinajstić information content (AvgIpc) is 2.70. The van der Waals surface area contributed by atoms with Crippen molar-refractivity contribution in [3.8, 4) is 0 Å². The molecule has 2 aromatic rings. The number of nitrogens with one attached hydrogen (secondary N) is 1. The van der Waals surface area contributed by atoms with Crippen LogP contribution in [0.4, 0.5) is 11.4 Å². The zero-order valence-corrected chi connectivity index (χ0v) is 9.88. The maximum Gasteiger partial charge on any atom is 0.261 e. The molecular weight excluding hydrogens is 244 g/mol. The van der Waals surface area contributed by atoms with E-state index in [4.69, 9.17) is 5.73 Å². The highest BCUT2D eigenvalue weighted by molar-refractivity contribution is 7.92. The van der Waals surface area contributed by atoms with Gasteiger partial charge in [-0.25, -0.2) is 8.42 Å². The van der Waals surface area contributed by atoms with E-state index in [1.54, 1.807) is 29.0 Å². The minimum Gasteiger partial charge on any atom is -0.399 e. The summed E-state index contributed by atoms with van der Waals surface area (Å²) in [6.07, 6.45) is 0. The molecule has 0 atom stereocenters. The summed E-state index contributed by atoms with van der Waals surface area (Å²) < 4.78 is 26.2. The molecule has 6 heteroatoms. The summed E-state index contributed by atoms with van der Waals surface area (Å²) in [5, 5.41) is 3.53. The minimum atomic E-state index is -3.53. The fourth-order valence-corrected chi connectivity index (χ4v) is 2.98. The summed E-state index contributed by atoms with van der Waals surface area (Å²) >= 11 is 1.43. The molecule has 0 saturated carbocycles. The molecule has 0 saturated heterocycles. The maximum atomic E-state index is 11.9. The molecule has 0 unspecified atom stereocenters. The van der Waals surface area contributed by atoms with Gasteiger partial charge >= 0.3 is 0 Å². The van der Waals surface area contributed by atoms with Crippen LogP contribution in [0.5, 0.6) is 0 Å². The van der Waals surface area contributed by atoms with Crippen molar-refractivity contribution in [1.29, 1.82) is 0 Å². The quantitative estimate of drug-likeness (QED) is 0.824. The zero-order valence-electron chi connectivity index (χ0n) is 8.25. The van der Waals surface area contributed by atoms with Crippen LogP contribution in [0.2, 0.25) is 0 Å². The van der Waals surface area contributed by atoms with Crippen molar-refractivity contribution in [2.45, 2.75) is 4.90 Å². The number of benzene rings is 1. The normalized spacial score (nSPS) is 11.2. The smallest absolute Gasteiger partial charge is 0.261 e. The van der Waals surface area contributed by atoms with Crippen molar-refractivity contribution in [2.24, 2.45) is 0 Å². The van der Waals surface area contributed by atoms with E-state index in [1.807, 2.05) is 0 Å². The lowest BCUT2D eigenvalue weighted by atomic mass is 10.3. The van der Waals surface area contributed by atoms with Crippen molar-refractivity contribution in [3.05, 3.63) is 41.1 Å². The maximum absolute atomic E-state index is 11.9. The Bertz CT molecular complexity index is 577. The first kappa shape index (κ1) is 11.0. The zero-order chi connectivity index (χ0) is 11.6. The van der Waals surface area contributed by atoms with E-state index in [1.165, 1.54) is 23.5 Å². The summed E-state index contributed by atoms with van der Waals surface area (Å²) in [5.41, 5.74) is 6.53. The number of nitrogens with two attached hydrogens (primary N) is 1. The second kappa shape index (κ2) is 4.15. The lowest BCUT2D eigenvalue weighted by Crippen LogP contribution is -2.12. The van der Waals surface area contributed by atoms with E-state index in [2.05, 4.69) is 4.72 Å². The van der Waals surface area contributed by atoms with Crippen molar-refractivity contribution in [2.75, 3.05) is 10.5 Å². The summed E-state index contributed by atoms with van der Waals surface area (Å²) in [7, 11) is -3.53. The Labute approximate surface area is 97.8 Å². The van der Waals surface area contributed by atoms with Crippen LogP contribution < -0.4 is 10.5 Å². The third-order valence-electron chi connectivity index (χ3n) is 1.94. The van der Waals surface area contributed by atoms with Gasteiger partial charge in [-0.1, -0.05) is 6.07 Å². The molecule has 0 aliphatic rings. The van der Waals surface area contributed by atoms with Gasteiger partial charge in [0.25, 0.3) is 10.0 Å². The first-order chi connectivity index (χ1) is 7.58. The minimum absolute atomic E-state index is 0.165. The topological polar surface area (TPSA) is 72.2 Å². The van der Waals surface area contributed by atoms with Gasteiger partial charge in [0.15, 0.2) is 0 Å². The molecule has 84 valence electrons. The number of anilines is 2. The number of thiophene rings is 1. The van der Waals surface area contributed by atoms with Gasteiger partial charge in [-0.15, -0.1) is 0 Å². The van der Waals surface area contributed by atoms with Gasteiger partial charge in [0.1, 0.15) is 0 Å². The third kappa shape index (κ3) is 2.34. The molecule has 16 heavy (non-hydrogen) atoms. The summed E-state index contributed by atoms with van der Waals surface area (Å²) in [4.78, 5) is 0.165. The molecular formula is C10H10N2O2S2. The highest BCUT2D eigenvalue weighted by Gasteiger charge is 2.14. The average molecular weight is 254 g/mol. The first-order valence-electron chi connectivity index (χ1n) is 4.48. The van der Waals surface area contributed by atoms with Gasteiger partial charge in [-0.3, -0.25) is 4.72 Å². The van der Waals surface area contributed by atoms with Crippen LogP contribution in [0, 0.1) is 0 Å². The lowest BCUT2D eigenvalue weighted by Gasteiger charge is -2.06. The van der Waals surface area contributed by atoms with Gasteiger partial charge in [0, 0.05) is 11.1 Å². The number of rotatable bonds is 3. The van der Waals surface area contributed by atoms with Crippen LogP contribution in [0.1, 0.15) is 0 Å². The Morgan fingerprint density at radius 1 is 1.25 bits per heavy atom. The van der Waals surface area contributed by atoms with Crippen LogP contribution in [0.25, 0.3) is 0 Å².